The van der Waals surface area contributed by atoms with Crippen molar-refractivity contribution < 1.29 is 8.42 Å². The number of benzene rings is 1. The average Bonchev–Trinajstić information content (AvgIpc) is 2.41. The van der Waals surface area contributed by atoms with E-state index in [-0.39, 0.29) is 16.8 Å². The Morgan fingerprint density at radius 2 is 1.90 bits per heavy atom. The molecule has 0 aliphatic carbocycles. The van der Waals surface area contributed by atoms with E-state index < -0.39 is 10.0 Å². The fourth-order valence-corrected chi connectivity index (χ4v) is 4.14. The average molecular weight is 403 g/mol. The highest BCUT2D eigenvalue weighted by atomic mass is 79.9. The zero-order valence-corrected chi connectivity index (χ0v) is 15.3. The first kappa shape index (κ1) is 18.2. The largest absolute Gasteiger partial charge is 0.240 e. The van der Waals surface area contributed by atoms with Gasteiger partial charge in [-0.15, -0.1) is 11.6 Å². The molecule has 3 nitrogen and oxygen atoms in total. The summed E-state index contributed by atoms with van der Waals surface area (Å²) < 4.78 is 27.4. The first-order chi connectivity index (χ1) is 9.31. The van der Waals surface area contributed by atoms with Crippen LogP contribution in [0.25, 0.3) is 0 Å². The van der Waals surface area contributed by atoms with Crippen LogP contribution in [0.15, 0.2) is 27.6 Å². The second-order valence-corrected chi connectivity index (χ2v) is 8.11. The molecule has 0 amide bonds. The Labute approximate surface area is 139 Å². The number of rotatable bonds is 7. The first-order valence-corrected chi connectivity index (χ1v) is 9.49. The molecule has 1 N–H and O–H groups in total. The summed E-state index contributed by atoms with van der Waals surface area (Å²) in [7, 11) is -3.57. The van der Waals surface area contributed by atoms with Gasteiger partial charge in [0, 0.05) is 16.4 Å². The summed E-state index contributed by atoms with van der Waals surface area (Å²) >= 11 is 15.3. The van der Waals surface area contributed by atoms with E-state index in [0.717, 1.165) is 12.8 Å². The summed E-state index contributed by atoms with van der Waals surface area (Å²) in [5.41, 5.74) is 0. The van der Waals surface area contributed by atoms with Gasteiger partial charge in [0.2, 0.25) is 10.0 Å². The standard InChI is InChI=1S/C13H18BrCl2NO2S/c1-3-9(4-2)13(16)8-17-20(18,19)10-5-6-12(15)11(14)7-10/h5-7,9,13,17H,3-4,8H2,1-2H3. The third-order valence-corrected chi connectivity index (χ3v) is 6.38. The van der Waals surface area contributed by atoms with Crippen LogP contribution in [0.1, 0.15) is 26.7 Å². The maximum Gasteiger partial charge on any atom is 0.240 e. The van der Waals surface area contributed by atoms with Crippen molar-refractivity contribution in [1.29, 1.82) is 0 Å². The lowest BCUT2D eigenvalue weighted by atomic mass is 9.99. The molecule has 7 heteroatoms. The minimum Gasteiger partial charge on any atom is -0.210 e. The summed E-state index contributed by atoms with van der Waals surface area (Å²) in [5, 5.41) is 0.256. The molecule has 1 aromatic rings. The van der Waals surface area contributed by atoms with E-state index in [1.807, 2.05) is 13.8 Å². The van der Waals surface area contributed by atoms with E-state index in [1.54, 1.807) is 6.07 Å². The van der Waals surface area contributed by atoms with Crippen molar-refractivity contribution in [2.24, 2.45) is 5.92 Å². The Morgan fingerprint density at radius 1 is 1.30 bits per heavy atom. The van der Waals surface area contributed by atoms with Gasteiger partial charge in [-0.1, -0.05) is 38.3 Å². The Morgan fingerprint density at radius 3 is 2.40 bits per heavy atom. The molecule has 0 spiro atoms. The molecular weight excluding hydrogens is 385 g/mol. The number of hydrogen-bond donors (Lipinski definition) is 1. The third-order valence-electron chi connectivity index (χ3n) is 3.23. The quantitative estimate of drug-likeness (QED) is 0.686. The van der Waals surface area contributed by atoms with Gasteiger partial charge < -0.3 is 0 Å². The van der Waals surface area contributed by atoms with Crippen LogP contribution in [0.4, 0.5) is 0 Å². The molecule has 0 aliphatic rings. The van der Waals surface area contributed by atoms with Gasteiger partial charge in [0.1, 0.15) is 0 Å². The first-order valence-electron chi connectivity index (χ1n) is 6.40. The molecule has 1 rings (SSSR count). The van der Waals surface area contributed by atoms with Crippen molar-refractivity contribution in [1.82, 2.24) is 4.72 Å². The second-order valence-electron chi connectivity index (χ2n) is 4.52. The Balaban J connectivity index is 2.77. The van der Waals surface area contributed by atoms with Crippen LogP contribution in [-0.4, -0.2) is 20.3 Å². The summed E-state index contributed by atoms with van der Waals surface area (Å²) in [4.78, 5) is 0.169. The van der Waals surface area contributed by atoms with Crippen LogP contribution in [0.3, 0.4) is 0 Å². The van der Waals surface area contributed by atoms with Crippen molar-refractivity contribution in [2.45, 2.75) is 37.0 Å². The number of halogens is 3. The highest BCUT2D eigenvalue weighted by Gasteiger charge is 2.20. The lowest BCUT2D eigenvalue weighted by molar-refractivity contribution is 0.460. The molecule has 0 aromatic heterocycles. The second kappa shape index (κ2) is 7.99. The normalized spacial score (nSPS) is 13.7. The third kappa shape index (κ3) is 4.88. The van der Waals surface area contributed by atoms with Crippen molar-refractivity contribution >= 4 is 49.2 Å². The van der Waals surface area contributed by atoms with Crippen molar-refractivity contribution in [2.75, 3.05) is 6.54 Å². The molecule has 0 radical (unpaired) electrons. The molecule has 114 valence electrons. The predicted octanol–water partition coefficient (Wildman–Crippen LogP) is 4.42. The van der Waals surface area contributed by atoms with E-state index in [0.29, 0.717) is 15.4 Å². The molecule has 0 saturated heterocycles. The summed E-state index contributed by atoms with van der Waals surface area (Å²) in [6.45, 7) is 4.32. The predicted molar refractivity (Wildman–Crippen MR) is 88.1 cm³/mol. The monoisotopic (exact) mass is 401 g/mol. The van der Waals surface area contributed by atoms with Crippen LogP contribution in [-0.2, 0) is 10.0 Å². The molecule has 0 aliphatic heterocycles. The molecular formula is C13H18BrCl2NO2S. The molecule has 20 heavy (non-hydrogen) atoms. The van der Waals surface area contributed by atoms with E-state index in [1.165, 1.54) is 12.1 Å². The molecule has 0 fully saturated rings. The topological polar surface area (TPSA) is 46.2 Å². The van der Waals surface area contributed by atoms with Gasteiger partial charge in [0.25, 0.3) is 0 Å². The zero-order valence-electron chi connectivity index (χ0n) is 11.4. The highest BCUT2D eigenvalue weighted by Crippen LogP contribution is 2.25. The van der Waals surface area contributed by atoms with Crippen molar-refractivity contribution in [3.05, 3.63) is 27.7 Å². The summed E-state index contributed by atoms with van der Waals surface area (Å²) in [6, 6.07) is 4.49. The maximum absolute atomic E-state index is 12.2. The number of hydrogen-bond acceptors (Lipinski definition) is 2. The van der Waals surface area contributed by atoms with Crippen LogP contribution >= 0.6 is 39.1 Å². The van der Waals surface area contributed by atoms with Crippen LogP contribution in [0.2, 0.25) is 5.02 Å². The van der Waals surface area contributed by atoms with Gasteiger partial charge in [-0.05, 0) is 40.0 Å². The highest BCUT2D eigenvalue weighted by molar-refractivity contribution is 9.10. The van der Waals surface area contributed by atoms with Crippen LogP contribution in [0, 0.1) is 5.92 Å². The Bertz CT molecular complexity index is 547. The minimum absolute atomic E-state index is 0.169. The molecule has 1 aromatic carbocycles. The molecule has 0 bridgehead atoms. The van der Waals surface area contributed by atoms with Gasteiger partial charge >= 0.3 is 0 Å². The minimum atomic E-state index is -3.57. The fourth-order valence-electron chi connectivity index (χ4n) is 1.88. The van der Waals surface area contributed by atoms with Gasteiger partial charge in [-0.2, -0.15) is 0 Å². The van der Waals surface area contributed by atoms with Crippen LogP contribution < -0.4 is 4.72 Å². The number of nitrogens with one attached hydrogen (secondary N) is 1. The van der Waals surface area contributed by atoms with Gasteiger partial charge in [0.15, 0.2) is 0 Å². The van der Waals surface area contributed by atoms with Crippen molar-refractivity contribution in [3.63, 3.8) is 0 Å². The van der Waals surface area contributed by atoms with Gasteiger partial charge in [-0.3, -0.25) is 0 Å². The summed E-state index contributed by atoms with van der Waals surface area (Å²) in [5.74, 6) is 0.302. The lowest BCUT2D eigenvalue weighted by Crippen LogP contribution is -2.33. The number of alkyl halides is 1. The lowest BCUT2D eigenvalue weighted by Gasteiger charge is -2.19. The van der Waals surface area contributed by atoms with Gasteiger partial charge in [-0.25, -0.2) is 13.1 Å². The fraction of sp³-hybridized carbons (Fsp3) is 0.538. The van der Waals surface area contributed by atoms with Gasteiger partial charge in [0.05, 0.1) is 9.92 Å². The van der Waals surface area contributed by atoms with E-state index >= 15 is 0 Å². The Hall–Kier alpha value is 0.190. The molecule has 0 heterocycles. The van der Waals surface area contributed by atoms with E-state index in [9.17, 15) is 8.42 Å². The summed E-state index contributed by atoms with van der Waals surface area (Å²) in [6.07, 6.45) is 1.86. The van der Waals surface area contributed by atoms with Crippen LogP contribution in [0.5, 0.6) is 0 Å². The van der Waals surface area contributed by atoms with E-state index in [2.05, 4.69) is 20.7 Å². The molecule has 1 unspecified atom stereocenters. The molecule has 0 saturated carbocycles. The molecule has 1 atom stereocenters. The zero-order chi connectivity index (χ0) is 15.3. The Kier molecular flexibility index (Phi) is 7.29. The smallest absolute Gasteiger partial charge is 0.210 e. The SMILES string of the molecule is CCC(CC)C(Cl)CNS(=O)(=O)c1ccc(Cl)c(Br)c1. The van der Waals surface area contributed by atoms with Crippen molar-refractivity contribution in [3.8, 4) is 0 Å². The number of sulfonamides is 1. The maximum atomic E-state index is 12.2. The van der Waals surface area contributed by atoms with E-state index in [4.69, 9.17) is 23.2 Å².